The molecule has 0 atom stereocenters. The van der Waals surface area contributed by atoms with Crippen molar-refractivity contribution in [3.05, 3.63) is 0 Å². The minimum atomic E-state index is -0.498. The fourth-order valence-electron chi connectivity index (χ4n) is 2.70. The van der Waals surface area contributed by atoms with E-state index >= 15 is 0 Å². The standard InChI is InChI=1S/C16H28O/c1-2-3-13-16(17)14-11-9-7-5-4-6-8-10-12-15-16/h17H,4-15H2,1H3. The maximum absolute atomic E-state index is 10.6. The highest BCUT2D eigenvalue weighted by molar-refractivity contribution is 5.01. The van der Waals surface area contributed by atoms with Crippen LogP contribution in [0, 0.1) is 11.8 Å². The fourth-order valence-corrected chi connectivity index (χ4v) is 2.70. The minimum Gasteiger partial charge on any atom is -0.389 e. The highest BCUT2D eigenvalue weighted by Crippen LogP contribution is 2.27. The summed E-state index contributed by atoms with van der Waals surface area (Å²) in [7, 11) is 0. The Hall–Kier alpha value is -0.480. The van der Waals surface area contributed by atoms with Crippen molar-refractivity contribution in [2.24, 2.45) is 0 Å². The van der Waals surface area contributed by atoms with Gasteiger partial charge in [-0.25, -0.2) is 0 Å². The minimum absolute atomic E-state index is 0.498. The molecule has 1 N–H and O–H groups in total. The van der Waals surface area contributed by atoms with Gasteiger partial charge in [-0.15, -0.1) is 11.8 Å². The van der Waals surface area contributed by atoms with Gasteiger partial charge >= 0.3 is 0 Å². The molecule has 0 aromatic heterocycles. The van der Waals surface area contributed by atoms with Gasteiger partial charge in [0.15, 0.2) is 0 Å². The van der Waals surface area contributed by atoms with Crippen LogP contribution in [0.25, 0.3) is 0 Å². The van der Waals surface area contributed by atoms with Gasteiger partial charge in [0.05, 0.1) is 5.60 Å². The van der Waals surface area contributed by atoms with Crippen LogP contribution in [0.3, 0.4) is 0 Å². The number of hydrogen-bond acceptors (Lipinski definition) is 1. The molecule has 98 valence electrons. The van der Waals surface area contributed by atoms with Crippen LogP contribution in [0.15, 0.2) is 0 Å². The van der Waals surface area contributed by atoms with Crippen molar-refractivity contribution in [1.82, 2.24) is 0 Å². The number of rotatable bonds is 1. The van der Waals surface area contributed by atoms with E-state index in [4.69, 9.17) is 0 Å². The molecule has 0 aromatic rings. The first-order valence-electron chi connectivity index (χ1n) is 7.39. The van der Waals surface area contributed by atoms with Crippen LogP contribution in [0.1, 0.15) is 84.0 Å². The van der Waals surface area contributed by atoms with Gasteiger partial charge in [-0.3, -0.25) is 0 Å². The van der Waals surface area contributed by atoms with Crippen LogP contribution in [0.5, 0.6) is 0 Å². The summed E-state index contributed by atoms with van der Waals surface area (Å²) in [6.45, 7) is 1.86. The van der Waals surface area contributed by atoms with Crippen molar-refractivity contribution in [2.45, 2.75) is 89.6 Å². The van der Waals surface area contributed by atoms with E-state index in [0.717, 1.165) is 12.8 Å². The lowest BCUT2D eigenvalue weighted by molar-refractivity contribution is 0.0223. The van der Waals surface area contributed by atoms with E-state index in [1.54, 1.807) is 0 Å². The Labute approximate surface area is 107 Å². The number of aliphatic hydroxyl groups is 1. The SMILES string of the molecule is CC#CCC1(O)CCCCCCCCCCC1. The Morgan fingerprint density at radius 3 is 1.65 bits per heavy atom. The van der Waals surface area contributed by atoms with Crippen molar-refractivity contribution in [1.29, 1.82) is 0 Å². The first kappa shape index (κ1) is 14.6. The predicted molar refractivity (Wildman–Crippen MR) is 73.8 cm³/mol. The monoisotopic (exact) mass is 236 g/mol. The third kappa shape index (κ3) is 6.74. The molecule has 1 aliphatic carbocycles. The van der Waals surface area contributed by atoms with Gasteiger partial charge in [0, 0.05) is 6.42 Å². The van der Waals surface area contributed by atoms with Gasteiger partial charge in [-0.2, -0.15) is 0 Å². The van der Waals surface area contributed by atoms with E-state index in [1.165, 1.54) is 57.8 Å². The Kier molecular flexibility index (Phi) is 7.37. The molecular weight excluding hydrogens is 208 g/mol. The quantitative estimate of drug-likeness (QED) is 0.667. The molecule has 0 heterocycles. The summed E-state index contributed by atoms with van der Waals surface area (Å²) < 4.78 is 0. The van der Waals surface area contributed by atoms with Gasteiger partial charge in [-0.1, -0.05) is 57.8 Å². The molecule has 0 unspecified atom stereocenters. The molecule has 1 rings (SSSR count). The highest BCUT2D eigenvalue weighted by atomic mass is 16.3. The average molecular weight is 236 g/mol. The van der Waals surface area contributed by atoms with Gasteiger partial charge in [0.2, 0.25) is 0 Å². The largest absolute Gasteiger partial charge is 0.389 e. The summed E-state index contributed by atoms with van der Waals surface area (Å²) in [5.74, 6) is 5.99. The van der Waals surface area contributed by atoms with Crippen molar-refractivity contribution < 1.29 is 5.11 Å². The maximum Gasteiger partial charge on any atom is 0.0756 e. The topological polar surface area (TPSA) is 20.2 Å². The highest BCUT2D eigenvalue weighted by Gasteiger charge is 2.24. The van der Waals surface area contributed by atoms with E-state index < -0.39 is 5.60 Å². The maximum atomic E-state index is 10.6. The van der Waals surface area contributed by atoms with Gasteiger partial charge in [0.25, 0.3) is 0 Å². The molecule has 0 aromatic carbocycles. The molecule has 1 heteroatoms. The normalized spacial score (nSPS) is 22.7. The Morgan fingerprint density at radius 2 is 1.24 bits per heavy atom. The summed E-state index contributed by atoms with van der Waals surface area (Å²) in [4.78, 5) is 0. The summed E-state index contributed by atoms with van der Waals surface area (Å²) in [5.41, 5.74) is -0.498. The smallest absolute Gasteiger partial charge is 0.0756 e. The Balaban J connectivity index is 2.43. The summed E-state index contributed by atoms with van der Waals surface area (Å²) >= 11 is 0. The van der Waals surface area contributed by atoms with Gasteiger partial charge < -0.3 is 5.11 Å². The molecule has 1 nitrogen and oxygen atoms in total. The Bertz CT molecular complexity index is 234. The summed E-state index contributed by atoms with van der Waals surface area (Å²) in [6, 6.07) is 0. The van der Waals surface area contributed by atoms with Crippen LogP contribution in [0.2, 0.25) is 0 Å². The predicted octanol–water partition coefficient (Wildman–Crippen LogP) is 4.44. The van der Waals surface area contributed by atoms with E-state index in [1.807, 2.05) is 6.92 Å². The van der Waals surface area contributed by atoms with Crippen LogP contribution in [-0.2, 0) is 0 Å². The summed E-state index contributed by atoms with van der Waals surface area (Å²) in [5, 5.41) is 10.6. The second kappa shape index (κ2) is 8.59. The van der Waals surface area contributed by atoms with Crippen LogP contribution >= 0.6 is 0 Å². The van der Waals surface area contributed by atoms with Crippen molar-refractivity contribution >= 4 is 0 Å². The lowest BCUT2D eigenvalue weighted by Gasteiger charge is -2.26. The van der Waals surface area contributed by atoms with E-state index in [0.29, 0.717) is 6.42 Å². The van der Waals surface area contributed by atoms with E-state index in [9.17, 15) is 5.11 Å². The van der Waals surface area contributed by atoms with Crippen molar-refractivity contribution in [3.63, 3.8) is 0 Å². The second-order valence-electron chi connectivity index (χ2n) is 5.51. The molecule has 0 radical (unpaired) electrons. The zero-order chi connectivity index (χ0) is 12.4. The first-order valence-corrected chi connectivity index (χ1v) is 7.39. The molecule has 17 heavy (non-hydrogen) atoms. The van der Waals surface area contributed by atoms with Crippen LogP contribution in [0.4, 0.5) is 0 Å². The Morgan fingerprint density at radius 1 is 0.824 bits per heavy atom. The van der Waals surface area contributed by atoms with Crippen molar-refractivity contribution in [3.8, 4) is 11.8 Å². The molecule has 0 saturated heterocycles. The van der Waals surface area contributed by atoms with Crippen molar-refractivity contribution in [2.75, 3.05) is 0 Å². The van der Waals surface area contributed by atoms with Crippen LogP contribution < -0.4 is 0 Å². The molecule has 0 amide bonds. The fraction of sp³-hybridized carbons (Fsp3) is 0.875. The van der Waals surface area contributed by atoms with E-state index in [-0.39, 0.29) is 0 Å². The molecule has 1 saturated carbocycles. The molecule has 0 spiro atoms. The van der Waals surface area contributed by atoms with E-state index in [2.05, 4.69) is 11.8 Å². The average Bonchev–Trinajstić information content (AvgIpc) is 2.32. The zero-order valence-corrected chi connectivity index (χ0v) is 11.4. The first-order chi connectivity index (χ1) is 8.27. The summed E-state index contributed by atoms with van der Waals surface area (Å²) in [6.07, 6.45) is 14.3. The van der Waals surface area contributed by atoms with Crippen LogP contribution in [-0.4, -0.2) is 10.7 Å². The molecular formula is C16H28O. The lowest BCUT2D eigenvalue weighted by Crippen LogP contribution is -2.28. The lowest BCUT2D eigenvalue weighted by atomic mass is 9.86. The molecule has 1 aliphatic rings. The second-order valence-corrected chi connectivity index (χ2v) is 5.51. The zero-order valence-electron chi connectivity index (χ0n) is 11.4. The molecule has 1 fully saturated rings. The third-order valence-corrected chi connectivity index (χ3v) is 3.88. The van der Waals surface area contributed by atoms with Gasteiger partial charge in [0.1, 0.15) is 0 Å². The number of hydrogen-bond donors (Lipinski definition) is 1. The molecule has 0 bridgehead atoms. The van der Waals surface area contributed by atoms with Gasteiger partial charge in [-0.05, 0) is 19.8 Å². The molecule has 0 aliphatic heterocycles. The third-order valence-electron chi connectivity index (χ3n) is 3.88.